The van der Waals surface area contributed by atoms with Gasteiger partial charge in [-0.2, -0.15) is 0 Å². The third-order valence-electron chi connectivity index (χ3n) is 5.22. The van der Waals surface area contributed by atoms with Gasteiger partial charge in [-0.3, -0.25) is 0 Å². The number of aromatic nitrogens is 6. The van der Waals surface area contributed by atoms with Crippen LogP contribution in [0.5, 0.6) is 5.75 Å². The van der Waals surface area contributed by atoms with E-state index in [1.807, 2.05) is 0 Å². The molecule has 0 bridgehead atoms. The first-order valence-corrected chi connectivity index (χ1v) is 10.8. The zero-order valence-corrected chi connectivity index (χ0v) is 18.3. The second-order valence-electron chi connectivity index (χ2n) is 7.62. The molecule has 3 heterocycles. The molecule has 11 nitrogen and oxygen atoms in total. The first-order chi connectivity index (χ1) is 15.5. The lowest BCUT2D eigenvalue weighted by atomic mass is 10.0. The largest absolute Gasteiger partial charge is 0.491 e. The number of halogens is 2. The van der Waals surface area contributed by atoms with Crippen molar-refractivity contribution in [1.29, 1.82) is 0 Å². The molecule has 13 heteroatoms. The lowest BCUT2D eigenvalue weighted by molar-refractivity contribution is 0.197. The lowest BCUT2D eigenvalue weighted by Gasteiger charge is -2.17. The SMILES string of the molecule is Nc1nc2c(c(-c3c(Cl)cc(Cl)cc3OCCn3cnnn3)n1)CN(C(=O)NC1CC1)C2. The van der Waals surface area contributed by atoms with E-state index in [0.717, 1.165) is 18.4 Å². The summed E-state index contributed by atoms with van der Waals surface area (Å²) in [6, 6.07) is 3.41. The number of nitrogens with one attached hydrogen (secondary N) is 1. The second kappa shape index (κ2) is 8.40. The van der Waals surface area contributed by atoms with Crippen LogP contribution in [0.3, 0.4) is 0 Å². The van der Waals surface area contributed by atoms with Crippen LogP contribution in [0.25, 0.3) is 11.3 Å². The van der Waals surface area contributed by atoms with E-state index < -0.39 is 0 Å². The Morgan fingerprint density at radius 3 is 2.84 bits per heavy atom. The summed E-state index contributed by atoms with van der Waals surface area (Å²) in [7, 11) is 0. The predicted molar refractivity (Wildman–Crippen MR) is 116 cm³/mol. The Kier molecular flexibility index (Phi) is 5.43. The molecule has 1 aromatic carbocycles. The average molecular weight is 476 g/mol. The molecule has 3 N–H and O–H groups in total. The number of carbonyl (C=O) groups is 1. The van der Waals surface area contributed by atoms with Crippen molar-refractivity contribution < 1.29 is 9.53 Å². The minimum Gasteiger partial charge on any atom is -0.491 e. The summed E-state index contributed by atoms with van der Waals surface area (Å²) in [5.41, 5.74) is 8.53. The van der Waals surface area contributed by atoms with E-state index >= 15 is 0 Å². The van der Waals surface area contributed by atoms with Crippen LogP contribution in [-0.4, -0.2) is 53.8 Å². The number of hydrogen-bond acceptors (Lipinski definition) is 8. The van der Waals surface area contributed by atoms with Crippen molar-refractivity contribution in [2.45, 2.75) is 38.5 Å². The van der Waals surface area contributed by atoms with Crippen molar-refractivity contribution in [3.8, 4) is 17.0 Å². The molecule has 0 radical (unpaired) electrons. The van der Waals surface area contributed by atoms with Gasteiger partial charge in [0, 0.05) is 16.6 Å². The summed E-state index contributed by atoms with van der Waals surface area (Å²) in [5, 5.41) is 14.8. The van der Waals surface area contributed by atoms with Crippen molar-refractivity contribution in [3.05, 3.63) is 39.8 Å². The zero-order chi connectivity index (χ0) is 22.2. The molecule has 3 aromatic rings. The van der Waals surface area contributed by atoms with Gasteiger partial charge in [-0.05, 0) is 35.4 Å². The van der Waals surface area contributed by atoms with Gasteiger partial charge in [0.15, 0.2) is 0 Å². The Morgan fingerprint density at radius 1 is 1.25 bits per heavy atom. The van der Waals surface area contributed by atoms with E-state index in [1.165, 1.54) is 6.33 Å². The minimum absolute atomic E-state index is 0.0915. The van der Waals surface area contributed by atoms with Crippen LogP contribution in [0.2, 0.25) is 10.0 Å². The number of anilines is 1. The number of ether oxygens (including phenoxy) is 1. The van der Waals surface area contributed by atoms with Gasteiger partial charge in [-0.15, -0.1) is 5.10 Å². The molecule has 0 spiro atoms. The molecule has 0 saturated heterocycles. The Bertz CT molecular complexity index is 1170. The van der Waals surface area contributed by atoms with E-state index in [9.17, 15) is 4.79 Å². The van der Waals surface area contributed by atoms with Crippen molar-refractivity contribution in [2.24, 2.45) is 0 Å². The van der Waals surface area contributed by atoms with E-state index in [4.69, 9.17) is 33.7 Å². The van der Waals surface area contributed by atoms with Gasteiger partial charge >= 0.3 is 6.03 Å². The topological polar surface area (TPSA) is 137 Å². The molecule has 1 aliphatic heterocycles. The van der Waals surface area contributed by atoms with Crippen LogP contribution in [0.1, 0.15) is 24.1 Å². The van der Waals surface area contributed by atoms with Gasteiger partial charge in [-0.25, -0.2) is 19.4 Å². The number of tetrazole rings is 1. The van der Waals surface area contributed by atoms with E-state index in [2.05, 4.69) is 30.8 Å². The van der Waals surface area contributed by atoms with Crippen molar-refractivity contribution >= 4 is 35.2 Å². The molecule has 0 unspecified atom stereocenters. The van der Waals surface area contributed by atoms with Crippen LogP contribution in [0.15, 0.2) is 18.5 Å². The Hall–Kier alpha value is -3.18. The molecule has 1 fully saturated rings. The number of fused-ring (bicyclic) bond motifs is 1. The Balaban J connectivity index is 1.46. The van der Waals surface area contributed by atoms with Gasteiger partial charge in [0.25, 0.3) is 0 Å². The highest BCUT2D eigenvalue weighted by molar-refractivity contribution is 6.37. The molecule has 0 atom stereocenters. The maximum Gasteiger partial charge on any atom is 0.318 e. The van der Waals surface area contributed by atoms with Gasteiger partial charge in [-0.1, -0.05) is 23.2 Å². The van der Waals surface area contributed by atoms with E-state index in [0.29, 0.717) is 52.4 Å². The summed E-state index contributed by atoms with van der Waals surface area (Å²) < 4.78 is 7.53. The molecule has 5 rings (SSSR count). The number of carbonyl (C=O) groups excluding carboxylic acids is 1. The monoisotopic (exact) mass is 475 g/mol. The average Bonchev–Trinajstić information content (AvgIpc) is 3.22. The molecule has 1 saturated carbocycles. The number of nitrogen functional groups attached to an aromatic ring is 1. The maximum absolute atomic E-state index is 12.6. The maximum atomic E-state index is 12.6. The summed E-state index contributed by atoms with van der Waals surface area (Å²) in [6.07, 6.45) is 3.51. The van der Waals surface area contributed by atoms with Gasteiger partial charge in [0.1, 0.15) is 18.7 Å². The van der Waals surface area contributed by atoms with Crippen molar-refractivity contribution in [3.63, 3.8) is 0 Å². The third-order valence-corrected chi connectivity index (χ3v) is 5.73. The summed E-state index contributed by atoms with van der Waals surface area (Å²) >= 11 is 12.8. The van der Waals surface area contributed by atoms with Crippen LogP contribution >= 0.6 is 23.2 Å². The van der Waals surface area contributed by atoms with Crippen LogP contribution in [0.4, 0.5) is 10.7 Å². The standard InChI is InChI=1S/C19H19Cl2N9O2/c20-10-5-13(21)16(15(6-10)32-4-3-30-9-23-27-28-30)17-12-7-29(19(31)24-11-1-2-11)8-14(12)25-18(22)26-17/h5-6,9,11H,1-4,7-8H2,(H,24,31)(H2,22,25,26). The summed E-state index contributed by atoms with van der Waals surface area (Å²) in [5.74, 6) is 0.533. The fourth-order valence-electron chi connectivity index (χ4n) is 3.54. The molecule has 2 aromatic heterocycles. The van der Waals surface area contributed by atoms with Crippen LogP contribution < -0.4 is 15.8 Å². The highest BCUT2D eigenvalue weighted by Gasteiger charge is 2.33. The molecule has 32 heavy (non-hydrogen) atoms. The van der Waals surface area contributed by atoms with Gasteiger partial charge < -0.3 is 20.7 Å². The second-order valence-corrected chi connectivity index (χ2v) is 8.46. The number of nitrogens with zero attached hydrogens (tertiary/aromatic N) is 7. The Morgan fingerprint density at radius 2 is 2.09 bits per heavy atom. The minimum atomic E-state index is -0.130. The molecule has 2 amide bonds. The number of amides is 2. The first-order valence-electron chi connectivity index (χ1n) is 10.0. The smallest absolute Gasteiger partial charge is 0.318 e. The number of urea groups is 1. The molecule has 1 aliphatic carbocycles. The number of benzene rings is 1. The quantitative estimate of drug-likeness (QED) is 0.553. The molecular weight excluding hydrogens is 457 g/mol. The Labute approximate surface area is 192 Å². The predicted octanol–water partition coefficient (Wildman–Crippen LogP) is 2.29. The van der Waals surface area contributed by atoms with Crippen molar-refractivity contribution in [1.82, 2.24) is 40.4 Å². The van der Waals surface area contributed by atoms with E-state index in [-0.39, 0.29) is 24.6 Å². The fraction of sp³-hybridized carbons (Fsp3) is 0.368. The summed E-state index contributed by atoms with van der Waals surface area (Å²) in [4.78, 5) is 23.1. The van der Waals surface area contributed by atoms with Gasteiger partial charge in [0.05, 0.1) is 41.6 Å². The van der Waals surface area contributed by atoms with Crippen molar-refractivity contribution in [2.75, 3.05) is 12.3 Å². The normalized spacial score (nSPS) is 15.0. The number of rotatable bonds is 6. The van der Waals surface area contributed by atoms with Crippen LogP contribution in [-0.2, 0) is 19.6 Å². The van der Waals surface area contributed by atoms with Crippen LogP contribution in [0, 0.1) is 0 Å². The number of nitrogens with two attached hydrogens (primary N) is 1. The van der Waals surface area contributed by atoms with Gasteiger partial charge in [0.2, 0.25) is 5.95 Å². The highest BCUT2D eigenvalue weighted by atomic mass is 35.5. The zero-order valence-electron chi connectivity index (χ0n) is 16.8. The molecular formula is C19H19Cl2N9O2. The highest BCUT2D eigenvalue weighted by Crippen LogP contribution is 2.42. The molecule has 2 aliphatic rings. The summed E-state index contributed by atoms with van der Waals surface area (Å²) in [6.45, 7) is 1.38. The fourth-order valence-corrected chi connectivity index (χ4v) is 4.11. The first kappa shape index (κ1) is 20.7. The molecule has 166 valence electrons. The van der Waals surface area contributed by atoms with E-state index in [1.54, 1.807) is 21.7 Å². The third kappa shape index (κ3) is 4.26. The lowest BCUT2D eigenvalue weighted by Crippen LogP contribution is -2.37. The number of hydrogen-bond donors (Lipinski definition) is 2.